The molecule has 1 unspecified atom stereocenters. The summed E-state index contributed by atoms with van der Waals surface area (Å²) in [6, 6.07) is 8.49. The second-order valence-corrected chi connectivity index (χ2v) is 4.26. The van der Waals surface area contributed by atoms with Crippen LogP contribution in [0.15, 0.2) is 24.3 Å². The Bertz CT molecular complexity index is 383. The molecular weight excluding hydrogens is 236 g/mol. The summed E-state index contributed by atoms with van der Waals surface area (Å²) < 4.78 is 0. The first kappa shape index (κ1) is 17.6. The second-order valence-electron chi connectivity index (χ2n) is 4.26. The van der Waals surface area contributed by atoms with Gasteiger partial charge >= 0.3 is 0 Å². The molecule has 0 amide bonds. The number of aryl methyl sites for hydroxylation is 1. The minimum atomic E-state index is 0.287. The Morgan fingerprint density at radius 2 is 1.79 bits per heavy atom. The minimum Gasteiger partial charge on any atom is -0.304 e. The number of carbonyl (C=O) groups is 2. The van der Waals surface area contributed by atoms with Gasteiger partial charge in [-0.25, -0.2) is 0 Å². The molecule has 1 aromatic carbocycles. The lowest BCUT2D eigenvalue weighted by atomic mass is 9.81. The maximum Gasteiger partial charge on any atom is 0.136 e. The van der Waals surface area contributed by atoms with Crippen LogP contribution in [0.4, 0.5) is 0 Å². The summed E-state index contributed by atoms with van der Waals surface area (Å²) in [5.41, 5.74) is 2.82. The number of aldehydes is 1. The van der Waals surface area contributed by atoms with Gasteiger partial charge in [0.15, 0.2) is 0 Å². The van der Waals surface area contributed by atoms with Gasteiger partial charge in [0.05, 0.1) is 0 Å². The molecule has 0 saturated heterocycles. The van der Waals surface area contributed by atoms with Crippen molar-refractivity contribution in [2.24, 2.45) is 5.92 Å². The third-order valence-corrected chi connectivity index (χ3v) is 3.15. The fourth-order valence-electron chi connectivity index (χ4n) is 2.26. The lowest BCUT2D eigenvalue weighted by Gasteiger charge is -2.22. The summed E-state index contributed by atoms with van der Waals surface area (Å²) in [4.78, 5) is 20.4. The first-order valence-electron chi connectivity index (χ1n) is 7.22. The van der Waals surface area contributed by atoms with E-state index in [0.717, 1.165) is 25.5 Å². The molecule has 0 saturated carbocycles. The van der Waals surface area contributed by atoms with Gasteiger partial charge in [0.25, 0.3) is 0 Å². The average molecular weight is 262 g/mol. The maximum absolute atomic E-state index is 11.6. The van der Waals surface area contributed by atoms with Crippen molar-refractivity contribution < 1.29 is 9.59 Å². The van der Waals surface area contributed by atoms with Gasteiger partial charge in [-0.3, -0.25) is 4.79 Å². The molecule has 0 bridgehead atoms. The SMILES string of the molecule is CC.CC=O.CCC(=O)C1CCc2ccccc2C1. The molecular formula is C17H26O2. The summed E-state index contributed by atoms with van der Waals surface area (Å²) in [5.74, 6) is 0.717. The van der Waals surface area contributed by atoms with E-state index < -0.39 is 0 Å². The molecule has 1 aromatic rings. The van der Waals surface area contributed by atoms with E-state index in [9.17, 15) is 4.79 Å². The van der Waals surface area contributed by atoms with Crippen LogP contribution in [0.5, 0.6) is 0 Å². The van der Waals surface area contributed by atoms with E-state index in [1.807, 2.05) is 20.8 Å². The van der Waals surface area contributed by atoms with Gasteiger partial charge in [-0.05, 0) is 37.3 Å². The third kappa shape index (κ3) is 5.82. The monoisotopic (exact) mass is 262 g/mol. The summed E-state index contributed by atoms with van der Waals surface area (Å²) >= 11 is 0. The molecule has 0 radical (unpaired) electrons. The average Bonchev–Trinajstić information content (AvgIpc) is 2.49. The number of benzene rings is 1. The van der Waals surface area contributed by atoms with Crippen LogP contribution in [-0.2, 0) is 22.4 Å². The standard InChI is InChI=1S/C13H16O.C2H4O.C2H6/c1-2-13(14)12-8-7-10-5-3-4-6-11(10)9-12;1-2-3;1-2/h3-6,12H,2,7-9H2,1H3;2H,1H3;1-2H3. The number of ketones is 1. The fraction of sp³-hybridized carbons (Fsp3) is 0.529. The number of hydrogen-bond acceptors (Lipinski definition) is 2. The van der Waals surface area contributed by atoms with Gasteiger partial charge in [-0.1, -0.05) is 45.0 Å². The van der Waals surface area contributed by atoms with Crippen LogP contribution in [0.1, 0.15) is 51.7 Å². The van der Waals surface area contributed by atoms with Crippen molar-refractivity contribution in [1.29, 1.82) is 0 Å². The van der Waals surface area contributed by atoms with Crippen molar-refractivity contribution in [3.8, 4) is 0 Å². The van der Waals surface area contributed by atoms with Crippen molar-refractivity contribution >= 4 is 12.1 Å². The quantitative estimate of drug-likeness (QED) is 0.755. The predicted molar refractivity (Wildman–Crippen MR) is 80.3 cm³/mol. The van der Waals surface area contributed by atoms with Crippen LogP contribution < -0.4 is 0 Å². The summed E-state index contributed by atoms with van der Waals surface area (Å²) in [6.07, 6.45) is 4.52. The van der Waals surface area contributed by atoms with Gasteiger partial charge in [-0.15, -0.1) is 0 Å². The molecule has 1 aliphatic rings. The zero-order valence-corrected chi connectivity index (χ0v) is 12.6. The Hall–Kier alpha value is -1.44. The van der Waals surface area contributed by atoms with E-state index in [0.29, 0.717) is 12.2 Å². The van der Waals surface area contributed by atoms with E-state index in [2.05, 4.69) is 24.3 Å². The summed E-state index contributed by atoms with van der Waals surface area (Å²) in [5, 5.41) is 0. The molecule has 2 heteroatoms. The summed E-state index contributed by atoms with van der Waals surface area (Å²) in [7, 11) is 0. The largest absolute Gasteiger partial charge is 0.304 e. The van der Waals surface area contributed by atoms with E-state index in [1.165, 1.54) is 18.1 Å². The van der Waals surface area contributed by atoms with Gasteiger partial charge < -0.3 is 4.79 Å². The smallest absolute Gasteiger partial charge is 0.136 e. The number of Topliss-reactive ketones (excluding diaryl/α,β-unsaturated/α-hetero) is 1. The Labute approximate surface area is 117 Å². The molecule has 0 fully saturated rings. The van der Waals surface area contributed by atoms with Crippen LogP contribution in [-0.4, -0.2) is 12.1 Å². The van der Waals surface area contributed by atoms with Crippen molar-refractivity contribution in [2.75, 3.05) is 0 Å². The number of carbonyl (C=O) groups excluding carboxylic acids is 2. The Morgan fingerprint density at radius 1 is 1.26 bits per heavy atom. The van der Waals surface area contributed by atoms with Crippen LogP contribution in [0.3, 0.4) is 0 Å². The third-order valence-electron chi connectivity index (χ3n) is 3.15. The Morgan fingerprint density at radius 3 is 2.32 bits per heavy atom. The van der Waals surface area contributed by atoms with Gasteiger partial charge in [0.2, 0.25) is 0 Å². The molecule has 0 heterocycles. The van der Waals surface area contributed by atoms with E-state index in [-0.39, 0.29) is 5.92 Å². The fourth-order valence-corrected chi connectivity index (χ4v) is 2.26. The van der Waals surface area contributed by atoms with Crippen molar-refractivity contribution in [1.82, 2.24) is 0 Å². The first-order valence-corrected chi connectivity index (χ1v) is 7.22. The summed E-state index contributed by atoms with van der Waals surface area (Å²) in [6.45, 7) is 7.41. The zero-order chi connectivity index (χ0) is 14.7. The highest BCUT2D eigenvalue weighted by atomic mass is 16.1. The van der Waals surface area contributed by atoms with Gasteiger partial charge in [-0.2, -0.15) is 0 Å². The molecule has 2 nitrogen and oxygen atoms in total. The molecule has 2 rings (SSSR count). The predicted octanol–water partition coefficient (Wildman–Crippen LogP) is 4.00. The highest BCUT2D eigenvalue weighted by Gasteiger charge is 2.22. The lowest BCUT2D eigenvalue weighted by Crippen LogP contribution is -2.21. The Kier molecular flexibility index (Phi) is 9.69. The first-order chi connectivity index (χ1) is 9.22. The highest BCUT2D eigenvalue weighted by molar-refractivity contribution is 5.81. The number of rotatable bonds is 2. The van der Waals surface area contributed by atoms with Crippen molar-refractivity contribution in [3.05, 3.63) is 35.4 Å². The van der Waals surface area contributed by atoms with Crippen LogP contribution in [0.25, 0.3) is 0 Å². The van der Waals surface area contributed by atoms with E-state index >= 15 is 0 Å². The number of hydrogen-bond donors (Lipinski definition) is 0. The normalized spacial score (nSPS) is 15.9. The minimum absolute atomic E-state index is 0.287. The van der Waals surface area contributed by atoms with Crippen LogP contribution in [0, 0.1) is 5.92 Å². The van der Waals surface area contributed by atoms with Gasteiger partial charge in [0, 0.05) is 12.3 Å². The lowest BCUT2D eigenvalue weighted by molar-refractivity contribution is -0.122. The maximum atomic E-state index is 11.6. The van der Waals surface area contributed by atoms with Crippen molar-refractivity contribution in [2.45, 2.75) is 53.4 Å². The zero-order valence-electron chi connectivity index (χ0n) is 12.6. The second kappa shape index (κ2) is 10.5. The van der Waals surface area contributed by atoms with Crippen LogP contribution in [0.2, 0.25) is 0 Å². The molecule has 19 heavy (non-hydrogen) atoms. The van der Waals surface area contributed by atoms with Crippen LogP contribution >= 0.6 is 0 Å². The Balaban J connectivity index is 0.000000573. The number of fused-ring (bicyclic) bond motifs is 1. The molecule has 0 N–H and O–H groups in total. The van der Waals surface area contributed by atoms with E-state index in [4.69, 9.17) is 4.79 Å². The molecule has 0 spiro atoms. The molecule has 1 aliphatic carbocycles. The molecule has 0 aromatic heterocycles. The highest BCUT2D eigenvalue weighted by Crippen LogP contribution is 2.26. The topological polar surface area (TPSA) is 34.1 Å². The molecule has 1 atom stereocenters. The molecule has 106 valence electrons. The van der Waals surface area contributed by atoms with Crippen molar-refractivity contribution in [3.63, 3.8) is 0 Å². The van der Waals surface area contributed by atoms with E-state index in [1.54, 1.807) is 0 Å². The molecule has 0 aliphatic heterocycles. The van der Waals surface area contributed by atoms with Gasteiger partial charge in [0.1, 0.15) is 12.1 Å².